The smallest absolute Gasteiger partial charge is 0.337 e. The molecule has 0 saturated carbocycles. The maximum absolute atomic E-state index is 12.8. The number of nitrogens with zero attached hydrogens (tertiary/aromatic N) is 1. The lowest BCUT2D eigenvalue weighted by molar-refractivity contribution is -0.122. The summed E-state index contributed by atoms with van der Waals surface area (Å²) in [5.74, 6) is -0.862. The summed E-state index contributed by atoms with van der Waals surface area (Å²) in [6.07, 6.45) is -0.0540. The number of nitrogens with one attached hydrogen (secondary N) is 1. The molecule has 29 heavy (non-hydrogen) atoms. The largest absolute Gasteiger partial charge is 0.476 e. The van der Waals surface area contributed by atoms with E-state index in [0.717, 1.165) is 10.6 Å². The van der Waals surface area contributed by atoms with E-state index in [4.69, 9.17) is 21.1 Å². The van der Waals surface area contributed by atoms with Crippen molar-refractivity contribution in [2.75, 3.05) is 29.5 Å². The van der Waals surface area contributed by atoms with E-state index in [9.17, 15) is 18.0 Å². The van der Waals surface area contributed by atoms with Crippen LogP contribution in [0.5, 0.6) is 5.75 Å². The SMILES string of the molecule is COC(=O)c1ccc(C)c(NC(=O)[C@@H]2CN(S(C)(=O)=O)c3cc(Cl)ccc3O2)c1. The lowest BCUT2D eigenvalue weighted by atomic mass is 10.1. The third-order valence-electron chi connectivity index (χ3n) is 4.40. The molecule has 0 bridgehead atoms. The fourth-order valence-corrected chi connectivity index (χ4v) is 3.96. The Labute approximate surface area is 173 Å². The third kappa shape index (κ3) is 4.46. The molecule has 1 N–H and O–H groups in total. The first kappa shape index (κ1) is 20.9. The molecule has 0 spiro atoms. The molecule has 1 amide bonds. The lowest BCUT2D eigenvalue weighted by Crippen LogP contribution is -2.48. The van der Waals surface area contributed by atoms with Gasteiger partial charge in [0.05, 0.1) is 31.2 Å². The number of amides is 1. The van der Waals surface area contributed by atoms with Crippen LogP contribution in [-0.2, 0) is 19.6 Å². The molecular formula is C19H19ClN2O6S. The van der Waals surface area contributed by atoms with Crippen molar-refractivity contribution >= 4 is 44.9 Å². The second kappa shape index (κ2) is 7.92. The Morgan fingerprint density at radius 3 is 2.62 bits per heavy atom. The highest BCUT2D eigenvalue weighted by molar-refractivity contribution is 7.92. The highest BCUT2D eigenvalue weighted by atomic mass is 35.5. The van der Waals surface area contributed by atoms with Gasteiger partial charge in [-0.3, -0.25) is 9.10 Å². The number of methoxy groups -OCH3 is 1. The summed E-state index contributed by atoms with van der Waals surface area (Å²) in [5, 5.41) is 3.04. The van der Waals surface area contributed by atoms with Gasteiger partial charge >= 0.3 is 5.97 Å². The van der Waals surface area contributed by atoms with Gasteiger partial charge in [-0.2, -0.15) is 0 Å². The number of benzene rings is 2. The molecule has 1 heterocycles. The van der Waals surface area contributed by atoms with Crippen LogP contribution in [0.2, 0.25) is 5.02 Å². The number of aryl methyl sites for hydroxylation is 1. The summed E-state index contributed by atoms with van der Waals surface area (Å²) >= 11 is 5.97. The van der Waals surface area contributed by atoms with Gasteiger partial charge in [0.25, 0.3) is 5.91 Å². The van der Waals surface area contributed by atoms with Crippen molar-refractivity contribution in [3.63, 3.8) is 0 Å². The van der Waals surface area contributed by atoms with Crippen LogP contribution in [0.15, 0.2) is 36.4 Å². The summed E-state index contributed by atoms with van der Waals surface area (Å²) in [6.45, 7) is 1.55. The van der Waals surface area contributed by atoms with Crippen molar-refractivity contribution in [2.45, 2.75) is 13.0 Å². The van der Waals surface area contributed by atoms with Crippen molar-refractivity contribution in [3.05, 3.63) is 52.5 Å². The molecule has 1 aliphatic rings. The van der Waals surface area contributed by atoms with Crippen LogP contribution in [-0.4, -0.2) is 46.3 Å². The highest BCUT2D eigenvalue weighted by Gasteiger charge is 2.35. The number of rotatable bonds is 4. The Hall–Kier alpha value is -2.78. The summed E-state index contributed by atoms with van der Waals surface area (Å²) in [6, 6.07) is 9.27. The maximum Gasteiger partial charge on any atom is 0.337 e. The number of esters is 1. The number of sulfonamides is 1. The molecule has 10 heteroatoms. The minimum Gasteiger partial charge on any atom is -0.476 e. The number of hydrogen-bond acceptors (Lipinski definition) is 6. The second-order valence-electron chi connectivity index (χ2n) is 6.52. The maximum atomic E-state index is 12.8. The molecule has 0 unspecified atom stereocenters. The summed E-state index contributed by atoms with van der Waals surface area (Å²) < 4.78 is 36.0. The van der Waals surface area contributed by atoms with Gasteiger partial charge in [0, 0.05) is 10.7 Å². The molecule has 1 atom stereocenters. The molecule has 2 aromatic rings. The molecule has 3 rings (SSSR count). The molecule has 0 radical (unpaired) electrons. The van der Waals surface area contributed by atoms with Crippen LogP contribution in [0.3, 0.4) is 0 Å². The first-order valence-corrected chi connectivity index (χ1v) is 10.8. The molecule has 0 saturated heterocycles. The van der Waals surface area contributed by atoms with E-state index < -0.39 is 28.0 Å². The Balaban J connectivity index is 1.89. The predicted octanol–water partition coefficient (Wildman–Crippen LogP) is 2.60. The van der Waals surface area contributed by atoms with Crippen LogP contribution in [0.1, 0.15) is 15.9 Å². The Kier molecular flexibility index (Phi) is 5.72. The standard InChI is InChI=1S/C19H19ClN2O6S/c1-11-4-5-12(19(24)27-2)8-14(11)21-18(23)17-10-22(29(3,25)26)15-9-13(20)6-7-16(15)28-17/h4-9,17H,10H2,1-3H3,(H,21,23)/t17-/m0/s1. The number of hydrogen-bond donors (Lipinski definition) is 1. The van der Waals surface area contributed by atoms with Crippen LogP contribution < -0.4 is 14.4 Å². The molecule has 154 valence electrons. The van der Waals surface area contributed by atoms with E-state index >= 15 is 0 Å². The number of carbonyl (C=O) groups is 2. The average Bonchev–Trinajstić information content (AvgIpc) is 2.67. The van der Waals surface area contributed by atoms with E-state index in [1.54, 1.807) is 25.1 Å². The van der Waals surface area contributed by atoms with E-state index in [0.29, 0.717) is 16.3 Å². The first-order valence-electron chi connectivity index (χ1n) is 8.54. The summed E-state index contributed by atoms with van der Waals surface area (Å²) in [7, 11) is -2.41. The topological polar surface area (TPSA) is 102 Å². The fraction of sp³-hybridized carbons (Fsp3) is 0.263. The van der Waals surface area contributed by atoms with Crippen molar-refractivity contribution in [2.24, 2.45) is 0 Å². The molecular weight excluding hydrogens is 420 g/mol. The predicted molar refractivity (Wildman–Crippen MR) is 109 cm³/mol. The Morgan fingerprint density at radius 1 is 1.24 bits per heavy atom. The molecule has 1 aliphatic heterocycles. The van der Waals surface area contributed by atoms with Crippen LogP contribution in [0.25, 0.3) is 0 Å². The van der Waals surface area contributed by atoms with Gasteiger partial charge in [-0.1, -0.05) is 17.7 Å². The molecule has 0 aliphatic carbocycles. The van der Waals surface area contributed by atoms with Gasteiger partial charge in [-0.05, 0) is 42.8 Å². The summed E-state index contributed by atoms with van der Waals surface area (Å²) in [5.41, 5.74) is 1.66. The van der Waals surface area contributed by atoms with Gasteiger partial charge in [0.15, 0.2) is 6.10 Å². The van der Waals surface area contributed by atoms with Gasteiger partial charge in [-0.15, -0.1) is 0 Å². The highest BCUT2D eigenvalue weighted by Crippen LogP contribution is 2.37. The van der Waals surface area contributed by atoms with Crippen LogP contribution in [0, 0.1) is 6.92 Å². The number of halogens is 1. The first-order chi connectivity index (χ1) is 13.6. The minimum atomic E-state index is -3.67. The number of ether oxygens (including phenoxy) is 2. The average molecular weight is 439 g/mol. The van der Waals surface area contributed by atoms with Gasteiger partial charge in [0.2, 0.25) is 10.0 Å². The molecule has 2 aromatic carbocycles. The van der Waals surface area contributed by atoms with Crippen molar-refractivity contribution < 1.29 is 27.5 Å². The summed E-state index contributed by atoms with van der Waals surface area (Å²) in [4.78, 5) is 24.6. The van der Waals surface area contributed by atoms with E-state index in [1.807, 2.05) is 0 Å². The fourth-order valence-electron chi connectivity index (χ4n) is 2.89. The van der Waals surface area contributed by atoms with Gasteiger partial charge < -0.3 is 14.8 Å². The number of carbonyl (C=O) groups excluding carboxylic acids is 2. The molecule has 0 aromatic heterocycles. The Morgan fingerprint density at radius 2 is 1.97 bits per heavy atom. The minimum absolute atomic E-state index is 0.215. The number of fused-ring (bicyclic) bond motifs is 1. The monoisotopic (exact) mass is 438 g/mol. The lowest BCUT2D eigenvalue weighted by Gasteiger charge is -2.34. The van der Waals surface area contributed by atoms with Gasteiger partial charge in [-0.25, -0.2) is 13.2 Å². The zero-order valence-corrected chi connectivity index (χ0v) is 17.5. The molecule has 8 nitrogen and oxygen atoms in total. The van der Waals surface area contributed by atoms with Crippen LogP contribution >= 0.6 is 11.6 Å². The van der Waals surface area contributed by atoms with Crippen LogP contribution in [0.4, 0.5) is 11.4 Å². The van der Waals surface area contributed by atoms with E-state index in [1.165, 1.54) is 25.3 Å². The van der Waals surface area contributed by atoms with Crippen molar-refractivity contribution in [1.29, 1.82) is 0 Å². The normalized spacial score (nSPS) is 15.9. The van der Waals surface area contributed by atoms with E-state index in [-0.39, 0.29) is 23.5 Å². The number of anilines is 2. The third-order valence-corrected chi connectivity index (χ3v) is 5.78. The van der Waals surface area contributed by atoms with Gasteiger partial charge in [0.1, 0.15) is 5.75 Å². The Bertz CT molecular complexity index is 1090. The van der Waals surface area contributed by atoms with Crippen molar-refractivity contribution in [1.82, 2.24) is 0 Å². The zero-order chi connectivity index (χ0) is 21.3. The second-order valence-corrected chi connectivity index (χ2v) is 8.87. The zero-order valence-electron chi connectivity index (χ0n) is 15.9. The quantitative estimate of drug-likeness (QED) is 0.736. The van der Waals surface area contributed by atoms with Crippen molar-refractivity contribution in [3.8, 4) is 5.75 Å². The molecule has 0 fully saturated rings. The van der Waals surface area contributed by atoms with E-state index in [2.05, 4.69) is 5.32 Å².